The molecular formula is C10H8ClFN2O. The van der Waals surface area contributed by atoms with E-state index in [1.807, 2.05) is 6.92 Å². The maximum absolute atomic E-state index is 13.5. The van der Waals surface area contributed by atoms with Crippen LogP contribution in [0.2, 0.25) is 0 Å². The Labute approximate surface area is 90.9 Å². The number of alkyl halides is 1. The number of rotatable bonds is 2. The van der Waals surface area contributed by atoms with Crippen LogP contribution in [0.25, 0.3) is 11.5 Å². The molecular weight excluding hydrogens is 219 g/mol. The van der Waals surface area contributed by atoms with Crippen LogP contribution < -0.4 is 0 Å². The zero-order chi connectivity index (χ0) is 10.8. The standard InChI is InChI=1S/C10H8ClFN2O/c1-6-2-3-7(8(12)4-6)10-14-13-9(5-11)15-10/h2-4H,5H2,1H3. The Kier molecular flexibility index (Phi) is 2.68. The Hall–Kier alpha value is -1.42. The van der Waals surface area contributed by atoms with Gasteiger partial charge in [0, 0.05) is 0 Å². The van der Waals surface area contributed by atoms with Gasteiger partial charge >= 0.3 is 0 Å². The van der Waals surface area contributed by atoms with Crippen LogP contribution in [0.1, 0.15) is 11.5 Å². The molecule has 0 saturated carbocycles. The van der Waals surface area contributed by atoms with Gasteiger partial charge < -0.3 is 4.42 Å². The average molecular weight is 227 g/mol. The van der Waals surface area contributed by atoms with E-state index in [4.69, 9.17) is 16.0 Å². The van der Waals surface area contributed by atoms with Gasteiger partial charge in [-0.3, -0.25) is 0 Å². The number of nitrogens with zero attached hydrogens (tertiary/aromatic N) is 2. The van der Waals surface area contributed by atoms with Crippen molar-refractivity contribution in [2.45, 2.75) is 12.8 Å². The number of halogens is 2. The van der Waals surface area contributed by atoms with Crippen molar-refractivity contribution in [1.29, 1.82) is 0 Å². The molecule has 0 radical (unpaired) electrons. The first-order valence-corrected chi connectivity index (χ1v) is 4.89. The largest absolute Gasteiger partial charge is 0.419 e. The van der Waals surface area contributed by atoms with Crippen LogP contribution >= 0.6 is 11.6 Å². The summed E-state index contributed by atoms with van der Waals surface area (Å²) in [6.45, 7) is 1.81. The van der Waals surface area contributed by atoms with Crippen molar-refractivity contribution in [3.8, 4) is 11.5 Å². The molecule has 0 N–H and O–H groups in total. The van der Waals surface area contributed by atoms with Crippen LogP contribution in [0.15, 0.2) is 22.6 Å². The third kappa shape index (κ3) is 1.99. The number of hydrogen-bond donors (Lipinski definition) is 0. The van der Waals surface area contributed by atoms with Gasteiger partial charge in [-0.1, -0.05) is 6.07 Å². The molecule has 0 aliphatic heterocycles. The Morgan fingerprint density at radius 1 is 1.40 bits per heavy atom. The van der Waals surface area contributed by atoms with Crippen molar-refractivity contribution in [2.24, 2.45) is 0 Å². The third-order valence-corrected chi connectivity index (χ3v) is 2.16. The molecule has 5 heteroatoms. The van der Waals surface area contributed by atoms with E-state index < -0.39 is 0 Å². The molecule has 1 heterocycles. The van der Waals surface area contributed by atoms with E-state index >= 15 is 0 Å². The monoisotopic (exact) mass is 226 g/mol. The molecule has 0 atom stereocenters. The van der Waals surface area contributed by atoms with Crippen molar-refractivity contribution in [1.82, 2.24) is 10.2 Å². The highest BCUT2D eigenvalue weighted by Crippen LogP contribution is 2.22. The normalized spacial score (nSPS) is 10.6. The summed E-state index contributed by atoms with van der Waals surface area (Å²) in [5.41, 5.74) is 1.14. The predicted octanol–water partition coefficient (Wildman–Crippen LogP) is 2.92. The zero-order valence-electron chi connectivity index (χ0n) is 8.00. The Bertz CT molecular complexity index is 484. The minimum Gasteiger partial charge on any atom is -0.419 e. The van der Waals surface area contributed by atoms with Crippen molar-refractivity contribution in [3.63, 3.8) is 0 Å². The fourth-order valence-corrected chi connectivity index (χ4v) is 1.32. The Balaban J connectivity index is 2.44. The molecule has 15 heavy (non-hydrogen) atoms. The lowest BCUT2D eigenvalue weighted by Crippen LogP contribution is -1.85. The van der Waals surface area contributed by atoms with Gasteiger partial charge in [0.1, 0.15) is 11.7 Å². The molecule has 0 amide bonds. The van der Waals surface area contributed by atoms with E-state index in [1.165, 1.54) is 6.07 Å². The third-order valence-electron chi connectivity index (χ3n) is 1.94. The molecule has 2 rings (SSSR count). The lowest BCUT2D eigenvalue weighted by molar-refractivity contribution is 0.521. The highest BCUT2D eigenvalue weighted by molar-refractivity contribution is 6.16. The molecule has 3 nitrogen and oxygen atoms in total. The second-order valence-corrected chi connectivity index (χ2v) is 3.39. The lowest BCUT2D eigenvalue weighted by Gasteiger charge is -1.98. The van der Waals surface area contributed by atoms with Gasteiger partial charge in [0.2, 0.25) is 5.89 Å². The quantitative estimate of drug-likeness (QED) is 0.739. The van der Waals surface area contributed by atoms with Gasteiger partial charge in [-0.25, -0.2) is 4.39 Å². The summed E-state index contributed by atoms with van der Waals surface area (Å²) < 4.78 is 18.6. The van der Waals surface area contributed by atoms with Crippen LogP contribution in [0, 0.1) is 12.7 Å². The summed E-state index contributed by atoms with van der Waals surface area (Å²) >= 11 is 5.50. The van der Waals surface area contributed by atoms with E-state index in [2.05, 4.69) is 10.2 Å². The number of hydrogen-bond acceptors (Lipinski definition) is 3. The lowest BCUT2D eigenvalue weighted by atomic mass is 10.1. The van der Waals surface area contributed by atoms with E-state index in [0.29, 0.717) is 5.56 Å². The van der Waals surface area contributed by atoms with Gasteiger partial charge in [0.05, 0.1) is 5.56 Å². The maximum atomic E-state index is 13.5. The maximum Gasteiger partial charge on any atom is 0.250 e. The van der Waals surface area contributed by atoms with Crippen LogP contribution in [0.4, 0.5) is 4.39 Å². The molecule has 0 saturated heterocycles. The van der Waals surface area contributed by atoms with Gasteiger partial charge in [0.15, 0.2) is 0 Å². The first-order valence-electron chi connectivity index (χ1n) is 4.35. The van der Waals surface area contributed by atoms with E-state index in [9.17, 15) is 4.39 Å². The molecule has 0 fully saturated rings. The SMILES string of the molecule is Cc1ccc(-c2nnc(CCl)o2)c(F)c1. The second kappa shape index (κ2) is 3.98. The minimum atomic E-state index is -0.375. The fraction of sp³-hybridized carbons (Fsp3) is 0.200. The van der Waals surface area contributed by atoms with Gasteiger partial charge in [0.25, 0.3) is 5.89 Å². The molecule has 0 bridgehead atoms. The van der Waals surface area contributed by atoms with Crippen LogP contribution in [0.5, 0.6) is 0 Å². The summed E-state index contributed by atoms with van der Waals surface area (Å²) in [5, 5.41) is 7.37. The average Bonchev–Trinajstić information content (AvgIpc) is 2.66. The molecule has 78 valence electrons. The number of benzene rings is 1. The highest BCUT2D eigenvalue weighted by Gasteiger charge is 2.12. The first-order chi connectivity index (χ1) is 7.20. The van der Waals surface area contributed by atoms with Crippen molar-refractivity contribution < 1.29 is 8.81 Å². The van der Waals surface area contributed by atoms with E-state index in [-0.39, 0.29) is 23.5 Å². The van der Waals surface area contributed by atoms with Crippen molar-refractivity contribution in [2.75, 3.05) is 0 Å². The molecule has 0 aliphatic rings. The minimum absolute atomic E-state index is 0.125. The van der Waals surface area contributed by atoms with Crippen LogP contribution in [-0.4, -0.2) is 10.2 Å². The van der Waals surface area contributed by atoms with Crippen LogP contribution in [0.3, 0.4) is 0 Å². The molecule has 2 aromatic rings. The Morgan fingerprint density at radius 2 is 2.20 bits per heavy atom. The summed E-state index contributed by atoms with van der Waals surface area (Å²) in [7, 11) is 0. The summed E-state index contributed by atoms with van der Waals surface area (Å²) in [5.74, 6) is 0.190. The van der Waals surface area contributed by atoms with Gasteiger partial charge in [-0.05, 0) is 24.6 Å². The zero-order valence-corrected chi connectivity index (χ0v) is 8.75. The molecule has 1 aromatic carbocycles. The van der Waals surface area contributed by atoms with E-state index in [1.54, 1.807) is 12.1 Å². The molecule has 0 unspecified atom stereocenters. The molecule has 0 spiro atoms. The number of aryl methyl sites for hydroxylation is 1. The van der Waals surface area contributed by atoms with Crippen molar-refractivity contribution >= 4 is 11.6 Å². The summed E-state index contributed by atoms with van der Waals surface area (Å²) in [6, 6.07) is 4.80. The fourth-order valence-electron chi connectivity index (χ4n) is 1.21. The van der Waals surface area contributed by atoms with Gasteiger partial charge in [-0.2, -0.15) is 0 Å². The topological polar surface area (TPSA) is 38.9 Å². The Morgan fingerprint density at radius 3 is 2.80 bits per heavy atom. The van der Waals surface area contributed by atoms with E-state index in [0.717, 1.165) is 5.56 Å². The van der Waals surface area contributed by atoms with Crippen molar-refractivity contribution in [3.05, 3.63) is 35.5 Å². The van der Waals surface area contributed by atoms with Crippen LogP contribution in [-0.2, 0) is 5.88 Å². The summed E-state index contributed by atoms with van der Waals surface area (Å²) in [4.78, 5) is 0. The molecule has 0 aliphatic carbocycles. The van der Waals surface area contributed by atoms with Gasteiger partial charge in [-0.15, -0.1) is 21.8 Å². The summed E-state index contributed by atoms with van der Waals surface area (Å²) in [6.07, 6.45) is 0. The predicted molar refractivity (Wildman–Crippen MR) is 54.0 cm³/mol. The number of aromatic nitrogens is 2. The second-order valence-electron chi connectivity index (χ2n) is 3.12. The smallest absolute Gasteiger partial charge is 0.250 e. The first kappa shape index (κ1) is 10.1. The highest BCUT2D eigenvalue weighted by atomic mass is 35.5. The molecule has 1 aromatic heterocycles.